The van der Waals surface area contributed by atoms with E-state index in [0.717, 1.165) is 16.8 Å². The Morgan fingerprint density at radius 1 is 1.12 bits per heavy atom. The molecule has 0 radical (unpaired) electrons. The Labute approximate surface area is 189 Å². The fourth-order valence-electron chi connectivity index (χ4n) is 3.20. The zero-order valence-electron chi connectivity index (χ0n) is 17.1. The Balaban J connectivity index is 1.81. The molecule has 0 amide bonds. The van der Waals surface area contributed by atoms with Gasteiger partial charge in [-0.2, -0.15) is 18.2 Å². The molecule has 1 aliphatic rings. The van der Waals surface area contributed by atoms with Gasteiger partial charge in [0, 0.05) is 42.8 Å². The summed E-state index contributed by atoms with van der Waals surface area (Å²) < 4.78 is 46.7. The molecule has 12 heteroatoms. The summed E-state index contributed by atoms with van der Waals surface area (Å²) in [6.45, 7) is 2.08. The van der Waals surface area contributed by atoms with Crippen molar-refractivity contribution in [1.29, 1.82) is 0 Å². The van der Waals surface area contributed by atoms with E-state index in [2.05, 4.69) is 34.5 Å². The summed E-state index contributed by atoms with van der Waals surface area (Å²) in [4.78, 5) is 19.2. The number of nitrogens with one attached hydrogen (secondary N) is 1. The molecule has 3 aromatic heterocycles. The molecular weight excluding hydrogens is 460 g/mol. The smallest absolute Gasteiger partial charge is 0.378 e. The summed E-state index contributed by atoms with van der Waals surface area (Å²) >= 11 is 1.48. The van der Waals surface area contributed by atoms with Gasteiger partial charge in [-0.1, -0.05) is 9.24 Å². The Hall–Kier alpha value is -2.49. The van der Waals surface area contributed by atoms with Gasteiger partial charge < -0.3 is 15.0 Å². The van der Waals surface area contributed by atoms with E-state index >= 15 is 0 Å². The van der Waals surface area contributed by atoms with E-state index in [4.69, 9.17) is 4.74 Å². The maximum Gasteiger partial charge on any atom is 0.417 e. The van der Waals surface area contributed by atoms with Crippen LogP contribution in [0.1, 0.15) is 5.56 Å². The summed E-state index contributed by atoms with van der Waals surface area (Å²) in [6, 6.07) is 6.10. The van der Waals surface area contributed by atoms with Crippen molar-refractivity contribution >= 4 is 43.9 Å². The van der Waals surface area contributed by atoms with Crippen LogP contribution in [0, 0.1) is 0 Å². The number of alkyl halides is 3. The Bertz CT molecular complexity index is 1110. The minimum Gasteiger partial charge on any atom is -0.378 e. The molecule has 7 nitrogen and oxygen atoms in total. The second-order valence-electron chi connectivity index (χ2n) is 6.90. The molecule has 0 aliphatic carbocycles. The number of pyridine rings is 2. The minimum absolute atomic E-state index is 0.108. The fraction of sp³-hybridized carbons (Fsp3) is 0.300. The SMILES string of the molecule is CSc1cc(Nc2cc(-c3cnc(P)cc3C(F)(F)F)nc(N3CCOCC3)n2)ccn1. The van der Waals surface area contributed by atoms with Gasteiger partial charge in [0.1, 0.15) is 5.82 Å². The first kappa shape index (κ1) is 22.7. The summed E-state index contributed by atoms with van der Waals surface area (Å²) in [6.07, 6.45) is 0.202. The van der Waals surface area contributed by atoms with Gasteiger partial charge in [0.25, 0.3) is 0 Å². The number of anilines is 3. The number of aromatic nitrogens is 4. The van der Waals surface area contributed by atoms with E-state index in [1.54, 1.807) is 12.3 Å². The number of hydrogen-bond acceptors (Lipinski definition) is 8. The molecule has 3 aromatic rings. The highest BCUT2D eigenvalue weighted by Crippen LogP contribution is 2.37. The van der Waals surface area contributed by atoms with Gasteiger partial charge in [0.05, 0.1) is 34.9 Å². The number of thioether (sulfide) groups is 1. The van der Waals surface area contributed by atoms with Crippen LogP contribution >= 0.6 is 21.0 Å². The van der Waals surface area contributed by atoms with Crippen LogP contribution in [0.25, 0.3) is 11.3 Å². The summed E-state index contributed by atoms with van der Waals surface area (Å²) in [5.41, 5.74) is 0.138. The molecule has 1 atom stereocenters. The molecule has 1 aliphatic heterocycles. The molecular formula is C20H20F3N6OPS. The third kappa shape index (κ3) is 5.28. The first-order chi connectivity index (χ1) is 15.3. The van der Waals surface area contributed by atoms with E-state index in [9.17, 15) is 13.2 Å². The van der Waals surface area contributed by atoms with Crippen LogP contribution in [0.5, 0.6) is 0 Å². The maximum atomic E-state index is 13.8. The van der Waals surface area contributed by atoms with Crippen molar-refractivity contribution in [3.05, 3.63) is 42.2 Å². The zero-order valence-corrected chi connectivity index (χ0v) is 19.0. The monoisotopic (exact) mass is 480 g/mol. The second-order valence-corrected chi connectivity index (χ2v) is 8.32. The number of ether oxygens (including phenoxy) is 1. The van der Waals surface area contributed by atoms with Crippen molar-refractivity contribution in [1.82, 2.24) is 19.9 Å². The van der Waals surface area contributed by atoms with Crippen molar-refractivity contribution in [2.45, 2.75) is 11.2 Å². The molecule has 0 spiro atoms. The lowest BCUT2D eigenvalue weighted by atomic mass is 10.1. The lowest BCUT2D eigenvalue weighted by molar-refractivity contribution is -0.137. The standard InChI is InChI=1S/C20H20F3N6OPS/c1-32-18-8-12(2-3-24-18)26-16-10-15(27-19(28-16)29-4-6-30-7-5-29)13-11-25-17(31)9-14(13)20(21,22)23/h2-3,8-11H,4-7,31H2,1H3,(H,24,26,27,28). The van der Waals surface area contributed by atoms with Gasteiger partial charge in [-0.3, -0.25) is 4.98 Å². The molecule has 32 heavy (non-hydrogen) atoms. The first-order valence-electron chi connectivity index (χ1n) is 9.65. The van der Waals surface area contributed by atoms with Gasteiger partial charge >= 0.3 is 6.18 Å². The summed E-state index contributed by atoms with van der Waals surface area (Å²) in [5, 5.41) is 3.97. The first-order valence-corrected chi connectivity index (χ1v) is 11.5. The van der Waals surface area contributed by atoms with Crippen LogP contribution in [-0.2, 0) is 10.9 Å². The molecule has 0 saturated carbocycles. The molecule has 1 unspecified atom stereocenters. The van der Waals surface area contributed by atoms with Crippen molar-refractivity contribution in [2.24, 2.45) is 0 Å². The largest absolute Gasteiger partial charge is 0.417 e. The third-order valence-electron chi connectivity index (χ3n) is 4.73. The number of hydrogen-bond donors (Lipinski definition) is 1. The van der Waals surface area contributed by atoms with E-state index in [1.165, 1.54) is 24.0 Å². The Morgan fingerprint density at radius 2 is 1.91 bits per heavy atom. The van der Waals surface area contributed by atoms with Gasteiger partial charge in [-0.15, -0.1) is 11.8 Å². The second kappa shape index (κ2) is 9.56. The molecule has 1 saturated heterocycles. The van der Waals surface area contributed by atoms with Crippen molar-refractivity contribution < 1.29 is 17.9 Å². The fourth-order valence-corrected chi connectivity index (χ4v) is 3.85. The predicted octanol–water partition coefficient (Wildman–Crippen LogP) is 3.75. The van der Waals surface area contributed by atoms with E-state index in [1.807, 2.05) is 17.2 Å². The number of halogens is 3. The number of nitrogens with zero attached hydrogens (tertiary/aromatic N) is 5. The van der Waals surface area contributed by atoms with Crippen LogP contribution in [0.3, 0.4) is 0 Å². The summed E-state index contributed by atoms with van der Waals surface area (Å²) in [7, 11) is 2.19. The highest BCUT2D eigenvalue weighted by atomic mass is 32.2. The van der Waals surface area contributed by atoms with Gasteiger partial charge in [0.15, 0.2) is 0 Å². The van der Waals surface area contributed by atoms with Crippen LogP contribution in [-0.4, -0.2) is 52.5 Å². The molecule has 1 fully saturated rings. The molecule has 168 valence electrons. The topological polar surface area (TPSA) is 76.1 Å². The van der Waals surface area contributed by atoms with E-state index in [-0.39, 0.29) is 16.7 Å². The van der Waals surface area contributed by atoms with E-state index in [0.29, 0.717) is 38.1 Å². The van der Waals surface area contributed by atoms with Crippen LogP contribution in [0.15, 0.2) is 41.7 Å². The van der Waals surface area contributed by atoms with Crippen molar-refractivity contribution in [3.8, 4) is 11.3 Å². The van der Waals surface area contributed by atoms with Crippen LogP contribution in [0.2, 0.25) is 0 Å². The molecule has 4 rings (SSSR count). The average molecular weight is 480 g/mol. The Kier molecular flexibility index (Phi) is 6.78. The number of rotatable bonds is 5. The predicted molar refractivity (Wildman–Crippen MR) is 122 cm³/mol. The normalized spacial score (nSPS) is 14.5. The molecule has 0 bridgehead atoms. The molecule has 1 N–H and O–H groups in total. The lowest BCUT2D eigenvalue weighted by Gasteiger charge is -2.27. The van der Waals surface area contributed by atoms with Crippen molar-refractivity contribution in [2.75, 3.05) is 42.8 Å². The average Bonchev–Trinajstić information content (AvgIpc) is 2.79. The number of morpholine rings is 1. The van der Waals surface area contributed by atoms with Gasteiger partial charge in [-0.05, 0) is 24.5 Å². The molecule has 0 aromatic carbocycles. The van der Waals surface area contributed by atoms with Crippen molar-refractivity contribution in [3.63, 3.8) is 0 Å². The Morgan fingerprint density at radius 3 is 2.62 bits per heavy atom. The maximum absolute atomic E-state index is 13.8. The highest BCUT2D eigenvalue weighted by molar-refractivity contribution is 7.98. The summed E-state index contributed by atoms with van der Waals surface area (Å²) in [5.74, 6) is 0.702. The van der Waals surface area contributed by atoms with Crippen LogP contribution in [0.4, 0.5) is 30.6 Å². The van der Waals surface area contributed by atoms with Gasteiger partial charge in [-0.25, -0.2) is 9.97 Å². The van der Waals surface area contributed by atoms with E-state index < -0.39 is 11.7 Å². The quantitative estimate of drug-likeness (QED) is 0.437. The van der Waals surface area contributed by atoms with Crippen LogP contribution < -0.4 is 15.7 Å². The lowest BCUT2D eigenvalue weighted by Crippen LogP contribution is -2.37. The molecule has 4 heterocycles. The highest BCUT2D eigenvalue weighted by Gasteiger charge is 2.35. The third-order valence-corrected chi connectivity index (χ3v) is 5.69. The minimum atomic E-state index is -4.56. The zero-order chi connectivity index (χ0) is 22.7. The van der Waals surface area contributed by atoms with Gasteiger partial charge in [0.2, 0.25) is 5.95 Å².